The zero-order valence-corrected chi connectivity index (χ0v) is 18.7. The van der Waals surface area contributed by atoms with Gasteiger partial charge in [-0.25, -0.2) is 4.98 Å². The minimum atomic E-state index is -0.173. The van der Waals surface area contributed by atoms with Gasteiger partial charge in [-0.1, -0.05) is 53.2 Å². The molecule has 32 heavy (non-hydrogen) atoms. The van der Waals surface area contributed by atoms with Crippen molar-refractivity contribution in [3.05, 3.63) is 99.1 Å². The summed E-state index contributed by atoms with van der Waals surface area (Å²) in [6.07, 6.45) is 0. The minimum absolute atomic E-state index is 0.173. The number of para-hydroxylation sites is 1. The van der Waals surface area contributed by atoms with Crippen molar-refractivity contribution < 1.29 is 4.42 Å². The van der Waals surface area contributed by atoms with E-state index in [1.165, 1.54) is 11.8 Å². The SMILES string of the molecule is O=c1c2ccccc2nc(SCc2nnc(-c3ccc(Cl)cc3)o2)n1-c1cccc(Cl)c1. The van der Waals surface area contributed by atoms with Gasteiger partial charge in [0.1, 0.15) is 0 Å². The van der Waals surface area contributed by atoms with Crippen molar-refractivity contribution in [2.45, 2.75) is 10.9 Å². The van der Waals surface area contributed by atoms with E-state index < -0.39 is 0 Å². The summed E-state index contributed by atoms with van der Waals surface area (Å²) in [5.41, 5.74) is 1.85. The molecule has 0 aliphatic heterocycles. The second kappa shape index (κ2) is 8.78. The molecular formula is C23H14Cl2N4O2S. The van der Waals surface area contributed by atoms with E-state index >= 15 is 0 Å². The van der Waals surface area contributed by atoms with Gasteiger partial charge in [0, 0.05) is 15.6 Å². The lowest BCUT2D eigenvalue weighted by molar-refractivity contribution is 0.528. The third-order valence-electron chi connectivity index (χ3n) is 4.69. The smallest absolute Gasteiger partial charge is 0.266 e. The van der Waals surface area contributed by atoms with Crippen molar-refractivity contribution in [3.8, 4) is 17.1 Å². The molecule has 0 unspecified atom stereocenters. The fourth-order valence-electron chi connectivity index (χ4n) is 3.20. The van der Waals surface area contributed by atoms with Crippen LogP contribution >= 0.6 is 35.0 Å². The van der Waals surface area contributed by atoms with E-state index in [0.29, 0.717) is 49.3 Å². The van der Waals surface area contributed by atoms with Gasteiger partial charge in [-0.05, 0) is 54.6 Å². The lowest BCUT2D eigenvalue weighted by atomic mass is 10.2. The van der Waals surface area contributed by atoms with Gasteiger partial charge in [-0.3, -0.25) is 9.36 Å². The van der Waals surface area contributed by atoms with Gasteiger partial charge >= 0.3 is 0 Å². The Balaban J connectivity index is 1.51. The minimum Gasteiger partial charge on any atom is -0.420 e. The Hall–Kier alpha value is -3.13. The number of thioether (sulfide) groups is 1. The van der Waals surface area contributed by atoms with Crippen LogP contribution in [0.25, 0.3) is 28.0 Å². The van der Waals surface area contributed by atoms with E-state index in [1.54, 1.807) is 41.0 Å². The highest BCUT2D eigenvalue weighted by Crippen LogP contribution is 2.27. The van der Waals surface area contributed by atoms with Gasteiger partial charge in [-0.2, -0.15) is 0 Å². The lowest BCUT2D eigenvalue weighted by Crippen LogP contribution is -2.21. The molecule has 5 aromatic rings. The van der Waals surface area contributed by atoms with Crippen LogP contribution in [0.15, 0.2) is 87.2 Å². The van der Waals surface area contributed by atoms with Crippen LogP contribution in [0.3, 0.4) is 0 Å². The molecule has 6 nitrogen and oxygen atoms in total. The summed E-state index contributed by atoms with van der Waals surface area (Å²) in [6.45, 7) is 0. The number of rotatable bonds is 5. The Morgan fingerprint density at radius 3 is 2.53 bits per heavy atom. The topological polar surface area (TPSA) is 73.8 Å². The highest BCUT2D eigenvalue weighted by molar-refractivity contribution is 7.98. The second-order valence-corrected chi connectivity index (χ2v) is 8.64. The third kappa shape index (κ3) is 4.14. The maximum Gasteiger partial charge on any atom is 0.266 e. The van der Waals surface area contributed by atoms with Gasteiger partial charge in [0.15, 0.2) is 5.16 Å². The number of aromatic nitrogens is 4. The molecule has 0 radical (unpaired) electrons. The predicted octanol–water partition coefficient (Wildman–Crippen LogP) is 6.03. The first-order chi connectivity index (χ1) is 15.6. The molecule has 0 aliphatic carbocycles. The Morgan fingerprint density at radius 1 is 0.906 bits per heavy atom. The van der Waals surface area contributed by atoms with Crippen LogP contribution < -0.4 is 5.56 Å². The van der Waals surface area contributed by atoms with Crippen LogP contribution in [-0.4, -0.2) is 19.7 Å². The first-order valence-electron chi connectivity index (χ1n) is 9.57. The molecule has 9 heteroatoms. The van der Waals surface area contributed by atoms with E-state index in [4.69, 9.17) is 32.6 Å². The number of fused-ring (bicyclic) bond motifs is 1. The Labute approximate surface area is 196 Å². The Morgan fingerprint density at radius 2 is 1.72 bits per heavy atom. The number of nitrogens with zero attached hydrogens (tertiary/aromatic N) is 4. The van der Waals surface area contributed by atoms with E-state index in [2.05, 4.69) is 10.2 Å². The highest BCUT2D eigenvalue weighted by atomic mass is 35.5. The van der Waals surface area contributed by atoms with E-state index in [1.807, 2.05) is 36.4 Å². The molecule has 5 rings (SSSR count). The van der Waals surface area contributed by atoms with Crippen molar-refractivity contribution in [1.82, 2.24) is 19.7 Å². The number of hydrogen-bond donors (Lipinski definition) is 0. The van der Waals surface area contributed by atoms with Crippen molar-refractivity contribution in [2.75, 3.05) is 0 Å². The molecule has 0 spiro atoms. The fourth-order valence-corrected chi connectivity index (χ4v) is 4.36. The normalized spacial score (nSPS) is 11.2. The van der Waals surface area contributed by atoms with Gasteiger partial charge in [0.05, 0.1) is 22.3 Å². The van der Waals surface area contributed by atoms with E-state index in [-0.39, 0.29) is 5.56 Å². The molecule has 0 saturated carbocycles. The Kier molecular flexibility index (Phi) is 5.70. The van der Waals surface area contributed by atoms with Gasteiger partial charge in [0.25, 0.3) is 5.56 Å². The van der Waals surface area contributed by atoms with Crippen LogP contribution in [0.4, 0.5) is 0 Å². The third-order valence-corrected chi connectivity index (χ3v) is 6.10. The first kappa shape index (κ1) is 20.8. The molecule has 0 N–H and O–H groups in total. The molecule has 0 saturated heterocycles. The van der Waals surface area contributed by atoms with Crippen LogP contribution in [0.5, 0.6) is 0 Å². The van der Waals surface area contributed by atoms with Crippen molar-refractivity contribution in [3.63, 3.8) is 0 Å². The summed E-state index contributed by atoms with van der Waals surface area (Å²) >= 11 is 13.4. The first-order valence-corrected chi connectivity index (χ1v) is 11.3. The van der Waals surface area contributed by atoms with Crippen LogP contribution in [0, 0.1) is 0 Å². The standard InChI is InChI=1S/C23H14Cl2N4O2S/c24-15-10-8-14(9-11-15)21-28-27-20(31-21)13-32-23-26-19-7-2-1-6-18(19)22(30)29(23)17-5-3-4-16(25)12-17/h1-12H,13H2. The van der Waals surface area contributed by atoms with Crippen LogP contribution in [0.1, 0.15) is 5.89 Å². The molecule has 158 valence electrons. The second-order valence-electron chi connectivity index (χ2n) is 6.83. The number of benzene rings is 3. The van der Waals surface area contributed by atoms with Gasteiger partial charge in [0.2, 0.25) is 11.8 Å². The zero-order valence-electron chi connectivity index (χ0n) is 16.4. The van der Waals surface area contributed by atoms with Crippen molar-refractivity contribution in [2.24, 2.45) is 0 Å². The van der Waals surface area contributed by atoms with E-state index in [9.17, 15) is 4.79 Å². The average Bonchev–Trinajstić information content (AvgIpc) is 3.27. The molecular weight excluding hydrogens is 467 g/mol. The summed E-state index contributed by atoms with van der Waals surface area (Å²) in [5, 5.41) is 10.4. The molecule has 0 bridgehead atoms. The molecule has 0 fully saturated rings. The summed E-state index contributed by atoms with van der Waals surface area (Å²) in [5.74, 6) is 1.15. The zero-order chi connectivity index (χ0) is 22.1. The van der Waals surface area contributed by atoms with Crippen molar-refractivity contribution in [1.29, 1.82) is 0 Å². The van der Waals surface area contributed by atoms with Crippen LogP contribution in [-0.2, 0) is 5.75 Å². The number of halogens is 2. The predicted molar refractivity (Wildman–Crippen MR) is 127 cm³/mol. The maximum atomic E-state index is 13.3. The molecule has 2 aromatic heterocycles. The molecule has 0 amide bonds. The fraction of sp³-hybridized carbons (Fsp3) is 0.0435. The number of hydrogen-bond acceptors (Lipinski definition) is 6. The Bertz CT molecular complexity index is 1480. The quantitative estimate of drug-likeness (QED) is 0.225. The summed E-state index contributed by atoms with van der Waals surface area (Å²) in [4.78, 5) is 18.0. The molecule has 0 aliphatic rings. The lowest BCUT2D eigenvalue weighted by Gasteiger charge is -2.13. The molecule has 2 heterocycles. The molecule has 0 atom stereocenters. The van der Waals surface area contributed by atoms with Crippen LogP contribution in [0.2, 0.25) is 10.0 Å². The summed E-state index contributed by atoms with van der Waals surface area (Å²) in [6, 6.07) is 21.5. The largest absolute Gasteiger partial charge is 0.420 e. The maximum absolute atomic E-state index is 13.3. The van der Waals surface area contributed by atoms with Crippen molar-refractivity contribution >= 4 is 45.9 Å². The molecule has 3 aromatic carbocycles. The summed E-state index contributed by atoms with van der Waals surface area (Å²) < 4.78 is 7.34. The van der Waals surface area contributed by atoms with Gasteiger partial charge in [-0.15, -0.1) is 10.2 Å². The van der Waals surface area contributed by atoms with E-state index in [0.717, 1.165) is 5.56 Å². The monoisotopic (exact) mass is 480 g/mol. The average molecular weight is 481 g/mol. The summed E-state index contributed by atoms with van der Waals surface area (Å²) in [7, 11) is 0. The highest BCUT2D eigenvalue weighted by Gasteiger charge is 2.16. The van der Waals surface area contributed by atoms with Gasteiger partial charge < -0.3 is 4.42 Å².